The number of hydrogen-bond acceptors (Lipinski definition) is 3. The third-order valence-electron chi connectivity index (χ3n) is 3.59. The smallest absolute Gasteiger partial charge is 0.417 e. The van der Waals surface area contributed by atoms with E-state index in [2.05, 4.69) is 19.1 Å². The van der Waals surface area contributed by atoms with Crippen molar-refractivity contribution in [2.75, 3.05) is 7.11 Å². The van der Waals surface area contributed by atoms with Gasteiger partial charge < -0.3 is 9.53 Å². The lowest BCUT2D eigenvalue weighted by atomic mass is 9.93. The predicted molar refractivity (Wildman–Crippen MR) is 80.6 cm³/mol. The van der Waals surface area contributed by atoms with Crippen molar-refractivity contribution in [1.82, 2.24) is 4.57 Å². The number of nitrogens with zero attached hydrogens (tertiary/aromatic N) is 1. The Morgan fingerprint density at radius 1 is 1.29 bits per heavy atom. The molecular weight excluding hydrogens is 266 g/mol. The van der Waals surface area contributed by atoms with E-state index >= 15 is 0 Å². The van der Waals surface area contributed by atoms with Gasteiger partial charge in [0.25, 0.3) is 0 Å². The highest BCUT2D eigenvalue weighted by Gasteiger charge is 2.18. The van der Waals surface area contributed by atoms with Gasteiger partial charge in [0.2, 0.25) is 0 Å². The molecule has 1 aromatic heterocycles. The van der Waals surface area contributed by atoms with Crippen LogP contribution >= 0.6 is 0 Å². The molecule has 0 radical (unpaired) electrons. The molecule has 21 heavy (non-hydrogen) atoms. The Labute approximate surface area is 124 Å². The molecule has 0 spiro atoms. The van der Waals surface area contributed by atoms with Gasteiger partial charge in [-0.3, -0.25) is 4.57 Å². The fourth-order valence-corrected chi connectivity index (χ4v) is 2.57. The van der Waals surface area contributed by atoms with Crippen LogP contribution < -0.4 is 0 Å². The molecule has 0 aliphatic heterocycles. The SMILES string of the molecule is COC(=O)n1ccc(C(C)Cc2ccccc2)c1CC=O. The lowest BCUT2D eigenvalue weighted by molar-refractivity contribution is -0.107. The number of rotatable bonds is 5. The molecule has 1 heterocycles. The fourth-order valence-electron chi connectivity index (χ4n) is 2.57. The highest BCUT2D eigenvalue weighted by atomic mass is 16.5. The van der Waals surface area contributed by atoms with Gasteiger partial charge in [-0.15, -0.1) is 0 Å². The minimum Gasteiger partial charge on any atom is -0.452 e. The summed E-state index contributed by atoms with van der Waals surface area (Å²) in [5, 5.41) is 0. The van der Waals surface area contributed by atoms with Gasteiger partial charge in [0.1, 0.15) is 6.29 Å². The summed E-state index contributed by atoms with van der Waals surface area (Å²) < 4.78 is 6.15. The number of hydrogen-bond donors (Lipinski definition) is 0. The molecule has 0 aliphatic rings. The first-order valence-corrected chi connectivity index (χ1v) is 6.93. The zero-order valence-electron chi connectivity index (χ0n) is 12.3. The van der Waals surface area contributed by atoms with Gasteiger partial charge >= 0.3 is 6.09 Å². The summed E-state index contributed by atoms with van der Waals surface area (Å²) in [4.78, 5) is 22.6. The van der Waals surface area contributed by atoms with Crippen LogP contribution in [0.15, 0.2) is 42.6 Å². The molecule has 0 fully saturated rings. The van der Waals surface area contributed by atoms with E-state index in [1.807, 2.05) is 24.3 Å². The van der Waals surface area contributed by atoms with Crippen LogP contribution in [0.4, 0.5) is 4.79 Å². The number of ether oxygens (including phenoxy) is 1. The maximum atomic E-state index is 11.7. The van der Waals surface area contributed by atoms with E-state index < -0.39 is 6.09 Å². The quantitative estimate of drug-likeness (QED) is 0.793. The van der Waals surface area contributed by atoms with E-state index in [-0.39, 0.29) is 12.3 Å². The first kappa shape index (κ1) is 15.0. The Hall–Kier alpha value is -2.36. The van der Waals surface area contributed by atoms with E-state index in [9.17, 15) is 9.59 Å². The number of methoxy groups -OCH3 is 1. The van der Waals surface area contributed by atoms with Gasteiger partial charge in [-0.1, -0.05) is 37.3 Å². The van der Waals surface area contributed by atoms with Gasteiger partial charge in [0.15, 0.2) is 0 Å². The molecule has 4 heteroatoms. The lowest BCUT2D eigenvalue weighted by Crippen LogP contribution is -2.15. The van der Waals surface area contributed by atoms with Gasteiger partial charge in [-0.2, -0.15) is 0 Å². The molecule has 0 aliphatic carbocycles. The van der Waals surface area contributed by atoms with Crippen LogP contribution in [0.1, 0.15) is 29.7 Å². The largest absolute Gasteiger partial charge is 0.452 e. The monoisotopic (exact) mass is 285 g/mol. The van der Waals surface area contributed by atoms with Crippen molar-refractivity contribution < 1.29 is 14.3 Å². The van der Waals surface area contributed by atoms with Gasteiger partial charge in [-0.25, -0.2) is 4.79 Å². The van der Waals surface area contributed by atoms with Crippen LogP contribution in [-0.2, 0) is 22.4 Å². The highest BCUT2D eigenvalue weighted by molar-refractivity contribution is 5.73. The van der Waals surface area contributed by atoms with Crippen molar-refractivity contribution in [3.63, 3.8) is 0 Å². The fraction of sp³-hybridized carbons (Fsp3) is 0.294. The van der Waals surface area contributed by atoms with Gasteiger partial charge in [0, 0.05) is 18.3 Å². The molecule has 4 nitrogen and oxygen atoms in total. The summed E-state index contributed by atoms with van der Waals surface area (Å²) in [6, 6.07) is 12.0. The number of aromatic nitrogens is 1. The van der Waals surface area contributed by atoms with Crippen LogP contribution in [0.25, 0.3) is 0 Å². The van der Waals surface area contributed by atoms with Crippen LogP contribution in [0.2, 0.25) is 0 Å². The molecule has 110 valence electrons. The summed E-state index contributed by atoms with van der Waals surface area (Å²) >= 11 is 0. The molecule has 1 unspecified atom stereocenters. The second-order valence-electron chi connectivity index (χ2n) is 5.02. The molecular formula is C17H19NO3. The lowest BCUT2D eigenvalue weighted by Gasteiger charge is -2.13. The molecule has 0 saturated heterocycles. The number of carbonyl (C=O) groups excluding carboxylic acids is 2. The number of carbonyl (C=O) groups is 2. The van der Waals surface area contributed by atoms with Crippen molar-refractivity contribution in [3.05, 3.63) is 59.4 Å². The third-order valence-corrected chi connectivity index (χ3v) is 3.59. The zero-order chi connectivity index (χ0) is 15.2. The Morgan fingerprint density at radius 2 is 2.00 bits per heavy atom. The Kier molecular flexibility index (Phi) is 4.93. The Morgan fingerprint density at radius 3 is 2.62 bits per heavy atom. The molecule has 0 bridgehead atoms. The van der Waals surface area contributed by atoms with E-state index in [0.29, 0.717) is 5.69 Å². The first-order chi connectivity index (χ1) is 10.2. The molecule has 0 amide bonds. The van der Waals surface area contributed by atoms with Crippen molar-refractivity contribution >= 4 is 12.4 Å². The van der Waals surface area contributed by atoms with E-state index in [1.54, 1.807) is 6.20 Å². The summed E-state index contributed by atoms with van der Waals surface area (Å²) in [5.74, 6) is 0.216. The van der Waals surface area contributed by atoms with Crippen molar-refractivity contribution in [1.29, 1.82) is 0 Å². The molecule has 2 aromatic rings. The average molecular weight is 285 g/mol. The maximum Gasteiger partial charge on any atom is 0.417 e. The van der Waals surface area contributed by atoms with Crippen LogP contribution in [0.5, 0.6) is 0 Å². The first-order valence-electron chi connectivity index (χ1n) is 6.93. The highest BCUT2D eigenvalue weighted by Crippen LogP contribution is 2.25. The molecule has 0 N–H and O–H groups in total. The Balaban J connectivity index is 2.28. The summed E-state index contributed by atoms with van der Waals surface area (Å²) in [5.41, 5.74) is 2.95. The summed E-state index contributed by atoms with van der Waals surface area (Å²) in [6.45, 7) is 2.10. The van der Waals surface area contributed by atoms with Crippen LogP contribution in [0, 0.1) is 0 Å². The summed E-state index contributed by atoms with van der Waals surface area (Å²) in [6.07, 6.45) is 3.08. The minimum atomic E-state index is -0.468. The van der Waals surface area contributed by atoms with Crippen molar-refractivity contribution in [2.24, 2.45) is 0 Å². The molecule has 1 aromatic carbocycles. The van der Waals surface area contributed by atoms with Crippen LogP contribution in [0.3, 0.4) is 0 Å². The normalized spacial score (nSPS) is 11.9. The molecule has 2 rings (SSSR count). The average Bonchev–Trinajstić information content (AvgIpc) is 2.92. The van der Waals surface area contributed by atoms with Crippen molar-refractivity contribution in [3.8, 4) is 0 Å². The zero-order valence-corrected chi connectivity index (χ0v) is 12.3. The second-order valence-corrected chi connectivity index (χ2v) is 5.02. The van der Waals surface area contributed by atoms with Gasteiger partial charge in [-0.05, 0) is 29.5 Å². The molecule has 1 atom stereocenters. The van der Waals surface area contributed by atoms with E-state index in [4.69, 9.17) is 4.74 Å². The van der Waals surface area contributed by atoms with Gasteiger partial charge in [0.05, 0.1) is 7.11 Å². The number of benzene rings is 1. The Bertz CT molecular complexity index is 616. The van der Waals surface area contributed by atoms with Crippen LogP contribution in [-0.4, -0.2) is 24.1 Å². The maximum absolute atomic E-state index is 11.7. The van der Waals surface area contributed by atoms with E-state index in [0.717, 1.165) is 18.3 Å². The number of aldehydes is 1. The minimum absolute atomic E-state index is 0.205. The predicted octanol–water partition coefficient (Wildman–Crippen LogP) is 3.19. The standard InChI is InChI=1S/C17H19NO3/c1-13(12-14-6-4-3-5-7-14)15-8-10-18(17(20)21-2)16(15)9-11-19/h3-8,10-11,13H,9,12H2,1-2H3. The van der Waals surface area contributed by atoms with E-state index in [1.165, 1.54) is 17.2 Å². The summed E-state index contributed by atoms with van der Waals surface area (Å²) in [7, 11) is 1.33. The topological polar surface area (TPSA) is 48.3 Å². The third kappa shape index (κ3) is 3.40. The second kappa shape index (κ2) is 6.88. The molecule has 0 saturated carbocycles. The van der Waals surface area contributed by atoms with Crippen molar-refractivity contribution in [2.45, 2.75) is 25.7 Å².